The number of halogens is 3. The van der Waals surface area contributed by atoms with Crippen molar-refractivity contribution in [3.63, 3.8) is 0 Å². The molecule has 1 heterocycles. The van der Waals surface area contributed by atoms with Gasteiger partial charge in [-0.1, -0.05) is 0 Å². The maximum Gasteiger partial charge on any atom is 0.416 e. The molecule has 0 atom stereocenters. The zero-order chi connectivity index (χ0) is 18.7. The molecule has 3 N–H and O–H groups in total. The molecule has 134 valence electrons. The highest BCUT2D eigenvalue weighted by atomic mass is 32.1. The van der Waals surface area contributed by atoms with E-state index >= 15 is 0 Å². The maximum atomic E-state index is 12.5. The number of hydrogen-bond donors (Lipinski definition) is 2. The minimum atomic E-state index is -4.39. The van der Waals surface area contributed by atoms with E-state index < -0.39 is 17.6 Å². The van der Waals surface area contributed by atoms with Crippen molar-refractivity contribution in [3.8, 4) is 11.5 Å². The number of nitrogen functional groups attached to an aromatic ring is 1. The van der Waals surface area contributed by atoms with Gasteiger partial charge in [0.25, 0.3) is 5.91 Å². The summed E-state index contributed by atoms with van der Waals surface area (Å²) < 4.78 is 47.0. The quantitative estimate of drug-likeness (QED) is 0.683. The SMILES string of the molecule is Nc1cc(C(=O)Nc2ccc(Oc3ccc(C(F)(F)F)cc3)cc2)ns1. The van der Waals surface area contributed by atoms with E-state index in [9.17, 15) is 18.0 Å². The van der Waals surface area contributed by atoms with E-state index in [1.54, 1.807) is 24.3 Å². The van der Waals surface area contributed by atoms with Crippen molar-refractivity contribution >= 4 is 28.1 Å². The van der Waals surface area contributed by atoms with Gasteiger partial charge in [-0.15, -0.1) is 0 Å². The van der Waals surface area contributed by atoms with Crippen molar-refractivity contribution in [2.75, 3.05) is 11.1 Å². The number of alkyl halides is 3. The van der Waals surface area contributed by atoms with Gasteiger partial charge < -0.3 is 15.8 Å². The molecule has 0 saturated heterocycles. The lowest BCUT2D eigenvalue weighted by Gasteiger charge is -2.09. The largest absolute Gasteiger partial charge is 0.457 e. The van der Waals surface area contributed by atoms with Crippen LogP contribution in [-0.4, -0.2) is 10.3 Å². The number of ether oxygens (including phenoxy) is 1. The Morgan fingerprint density at radius 1 is 1.04 bits per heavy atom. The Morgan fingerprint density at radius 3 is 2.12 bits per heavy atom. The highest BCUT2D eigenvalue weighted by Crippen LogP contribution is 2.31. The summed E-state index contributed by atoms with van der Waals surface area (Å²) in [7, 11) is 0. The molecule has 0 fully saturated rings. The Kier molecular flexibility index (Phi) is 4.81. The molecule has 26 heavy (non-hydrogen) atoms. The first kappa shape index (κ1) is 17.7. The predicted molar refractivity (Wildman–Crippen MR) is 92.4 cm³/mol. The smallest absolute Gasteiger partial charge is 0.416 e. The van der Waals surface area contributed by atoms with Crippen molar-refractivity contribution < 1.29 is 22.7 Å². The second-order valence-electron chi connectivity index (χ2n) is 5.22. The third-order valence-electron chi connectivity index (χ3n) is 3.29. The number of hydrogen-bond acceptors (Lipinski definition) is 5. The van der Waals surface area contributed by atoms with Gasteiger partial charge in [-0.05, 0) is 60.1 Å². The molecular weight excluding hydrogens is 367 g/mol. The van der Waals surface area contributed by atoms with Gasteiger partial charge in [-0.2, -0.15) is 17.5 Å². The molecule has 9 heteroatoms. The zero-order valence-corrected chi connectivity index (χ0v) is 13.9. The van der Waals surface area contributed by atoms with E-state index in [0.29, 0.717) is 16.4 Å². The first-order chi connectivity index (χ1) is 12.3. The highest BCUT2D eigenvalue weighted by molar-refractivity contribution is 7.10. The lowest BCUT2D eigenvalue weighted by atomic mass is 10.2. The predicted octanol–water partition coefficient (Wildman–Crippen LogP) is 4.79. The molecule has 0 unspecified atom stereocenters. The van der Waals surface area contributed by atoms with Crippen molar-refractivity contribution in [3.05, 3.63) is 65.9 Å². The summed E-state index contributed by atoms with van der Waals surface area (Å²) in [4.78, 5) is 12.0. The summed E-state index contributed by atoms with van der Waals surface area (Å²) in [5.74, 6) is 0.294. The van der Waals surface area contributed by atoms with Gasteiger partial charge in [0.1, 0.15) is 22.2 Å². The minimum Gasteiger partial charge on any atom is -0.457 e. The second-order valence-corrected chi connectivity index (χ2v) is 6.05. The Balaban J connectivity index is 1.63. The van der Waals surface area contributed by atoms with E-state index in [1.165, 1.54) is 18.2 Å². The van der Waals surface area contributed by atoms with Gasteiger partial charge in [0.15, 0.2) is 0 Å². The van der Waals surface area contributed by atoms with Gasteiger partial charge in [-0.3, -0.25) is 4.79 Å². The second kappa shape index (κ2) is 7.04. The lowest BCUT2D eigenvalue weighted by Crippen LogP contribution is -2.11. The fourth-order valence-corrected chi connectivity index (χ4v) is 2.55. The van der Waals surface area contributed by atoms with Crippen molar-refractivity contribution in [2.24, 2.45) is 0 Å². The number of rotatable bonds is 4. The average Bonchev–Trinajstić information content (AvgIpc) is 3.03. The Morgan fingerprint density at radius 2 is 1.62 bits per heavy atom. The molecule has 0 saturated carbocycles. The molecule has 0 aliphatic carbocycles. The van der Waals surface area contributed by atoms with E-state index in [2.05, 4.69) is 9.69 Å². The van der Waals surface area contributed by atoms with Crippen molar-refractivity contribution in [2.45, 2.75) is 6.18 Å². The highest BCUT2D eigenvalue weighted by Gasteiger charge is 2.30. The van der Waals surface area contributed by atoms with Crippen LogP contribution in [0.25, 0.3) is 0 Å². The standard InChI is InChI=1S/C17H12F3N3O2S/c18-17(19,20)10-1-5-12(6-2-10)25-13-7-3-11(4-8-13)22-16(24)14-9-15(21)26-23-14/h1-9H,21H2,(H,22,24). The fourth-order valence-electron chi connectivity index (χ4n) is 2.05. The maximum absolute atomic E-state index is 12.5. The number of aromatic nitrogens is 1. The summed E-state index contributed by atoms with van der Waals surface area (Å²) in [6.45, 7) is 0. The normalized spacial score (nSPS) is 11.2. The third kappa shape index (κ3) is 4.31. The summed E-state index contributed by atoms with van der Waals surface area (Å²) >= 11 is 1.03. The van der Waals surface area contributed by atoms with E-state index in [0.717, 1.165) is 23.7 Å². The topological polar surface area (TPSA) is 77.2 Å². The van der Waals surface area contributed by atoms with Crippen LogP contribution in [0.4, 0.5) is 23.9 Å². The number of nitrogens with zero attached hydrogens (tertiary/aromatic N) is 1. The van der Waals surface area contributed by atoms with Gasteiger partial charge in [0.2, 0.25) is 0 Å². The number of nitrogens with two attached hydrogens (primary N) is 1. The Hall–Kier alpha value is -3.07. The minimum absolute atomic E-state index is 0.220. The summed E-state index contributed by atoms with van der Waals surface area (Å²) in [6.07, 6.45) is -4.39. The molecule has 0 aliphatic rings. The van der Waals surface area contributed by atoms with Crippen LogP contribution >= 0.6 is 11.5 Å². The number of carbonyl (C=O) groups is 1. The third-order valence-corrected chi connectivity index (χ3v) is 3.91. The van der Waals surface area contributed by atoms with Gasteiger partial charge in [-0.25, -0.2) is 0 Å². The van der Waals surface area contributed by atoms with Crippen LogP contribution in [0.15, 0.2) is 54.6 Å². The molecule has 0 spiro atoms. The average molecular weight is 379 g/mol. The molecule has 2 aromatic carbocycles. The Bertz CT molecular complexity index is 906. The van der Waals surface area contributed by atoms with Crippen LogP contribution in [-0.2, 0) is 6.18 Å². The molecular formula is C17H12F3N3O2S. The molecule has 3 aromatic rings. The number of benzene rings is 2. The van der Waals surface area contributed by atoms with Gasteiger partial charge >= 0.3 is 6.18 Å². The van der Waals surface area contributed by atoms with Crippen LogP contribution in [0.2, 0.25) is 0 Å². The number of anilines is 2. The summed E-state index contributed by atoms with van der Waals surface area (Å²) in [5.41, 5.74) is 5.52. The molecule has 1 amide bonds. The number of amides is 1. The number of carbonyl (C=O) groups excluding carboxylic acids is 1. The molecule has 3 rings (SSSR count). The monoisotopic (exact) mass is 379 g/mol. The number of nitrogens with one attached hydrogen (secondary N) is 1. The van der Waals surface area contributed by atoms with Crippen LogP contribution < -0.4 is 15.8 Å². The van der Waals surface area contributed by atoms with E-state index in [-0.39, 0.29) is 11.4 Å². The molecule has 5 nitrogen and oxygen atoms in total. The van der Waals surface area contributed by atoms with Crippen molar-refractivity contribution in [1.29, 1.82) is 0 Å². The van der Waals surface area contributed by atoms with Crippen LogP contribution in [0.5, 0.6) is 11.5 Å². The Labute approximate surface area is 150 Å². The van der Waals surface area contributed by atoms with Gasteiger partial charge in [0.05, 0.1) is 5.56 Å². The molecule has 0 radical (unpaired) electrons. The first-order valence-electron chi connectivity index (χ1n) is 7.30. The lowest BCUT2D eigenvalue weighted by molar-refractivity contribution is -0.137. The molecule has 0 bridgehead atoms. The van der Waals surface area contributed by atoms with E-state index in [4.69, 9.17) is 10.5 Å². The molecule has 0 aliphatic heterocycles. The fraction of sp³-hybridized carbons (Fsp3) is 0.0588. The first-order valence-corrected chi connectivity index (χ1v) is 8.07. The summed E-state index contributed by atoms with van der Waals surface area (Å²) in [6, 6.07) is 12.2. The van der Waals surface area contributed by atoms with E-state index in [1.807, 2.05) is 0 Å². The summed E-state index contributed by atoms with van der Waals surface area (Å²) in [5, 5.41) is 3.10. The van der Waals surface area contributed by atoms with Crippen LogP contribution in [0, 0.1) is 0 Å². The van der Waals surface area contributed by atoms with Crippen molar-refractivity contribution in [1.82, 2.24) is 4.37 Å². The van der Waals surface area contributed by atoms with Gasteiger partial charge in [0, 0.05) is 11.8 Å². The molecule has 1 aromatic heterocycles. The van der Waals surface area contributed by atoms with Crippen LogP contribution in [0.1, 0.15) is 16.1 Å². The zero-order valence-electron chi connectivity index (χ0n) is 13.1. The van der Waals surface area contributed by atoms with Crippen LogP contribution in [0.3, 0.4) is 0 Å².